The first-order valence-electron chi connectivity index (χ1n) is 14.1. The van der Waals surface area contributed by atoms with Gasteiger partial charge in [0.15, 0.2) is 0 Å². The second-order valence-corrected chi connectivity index (χ2v) is 11.2. The van der Waals surface area contributed by atoms with E-state index in [2.05, 4.69) is 10.6 Å². The number of carbonyl (C=O) groups is 3. The SMILES string of the molecule is CCCCNC(=O)C1N([C@@H](CO)[C@@H](C)CC)C(=O)[C@@H]2[C@@H](C(=O)Nc3ccc(OCC)cc3)[C@@]3(C)CCC12O3. The minimum atomic E-state index is -1.11. The Labute approximate surface area is 225 Å². The molecule has 9 nitrogen and oxygen atoms in total. The number of amides is 3. The summed E-state index contributed by atoms with van der Waals surface area (Å²) >= 11 is 0. The largest absolute Gasteiger partial charge is 0.494 e. The zero-order valence-electron chi connectivity index (χ0n) is 23.3. The number of ether oxygens (including phenoxy) is 2. The molecule has 210 valence electrons. The van der Waals surface area contributed by atoms with Crippen LogP contribution in [0.5, 0.6) is 5.75 Å². The number of hydrogen-bond acceptors (Lipinski definition) is 6. The summed E-state index contributed by atoms with van der Waals surface area (Å²) in [4.78, 5) is 43.3. The number of likely N-dealkylation sites (tertiary alicyclic amines) is 1. The number of rotatable bonds is 12. The lowest BCUT2D eigenvalue weighted by molar-refractivity contribution is -0.150. The maximum atomic E-state index is 14.2. The average Bonchev–Trinajstić information content (AvgIpc) is 3.46. The Morgan fingerprint density at radius 1 is 1.18 bits per heavy atom. The molecule has 0 aromatic heterocycles. The van der Waals surface area contributed by atoms with E-state index in [-0.39, 0.29) is 30.2 Å². The quantitative estimate of drug-likeness (QED) is 0.358. The molecule has 7 atom stereocenters. The second kappa shape index (κ2) is 11.2. The highest BCUT2D eigenvalue weighted by Crippen LogP contribution is 2.63. The molecule has 4 rings (SSSR count). The van der Waals surface area contributed by atoms with E-state index in [0.717, 1.165) is 19.3 Å². The topological polar surface area (TPSA) is 117 Å². The van der Waals surface area contributed by atoms with Crippen molar-refractivity contribution in [2.45, 2.75) is 90.0 Å². The van der Waals surface area contributed by atoms with Gasteiger partial charge in [0, 0.05) is 12.2 Å². The van der Waals surface area contributed by atoms with Crippen LogP contribution in [0.1, 0.15) is 66.7 Å². The highest BCUT2D eigenvalue weighted by molar-refractivity contribution is 6.02. The molecule has 3 amide bonds. The van der Waals surface area contributed by atoms with Crippen molar-refractivity contribution in [3.05, 3.63) is 24.3 Å². The number of fused-ring (bicyclic) bond motifs is 1. The maximum Gasteiger partial charge on any atom is 0.245 e. The summed E-state index contributed by atoms with van der Waals surface area (Å²) < 4.78 is 12.2. The van der Waals surface area contributed by atoms with Gasteiger partial charge in [0.2, 0.25) is 17.7 Å². The van der Waals surface area contributed by atoms with Crippen molar-refractivity contribution in [1.82, 2.24) is 10.2 Å². The van der Waals surface area contributed by atoms with E-state index in [9.17, 15) is 19.5 Å². The lowest BCUT2D eigenvalue weighted by Gasteiger charge is -2.39. The van der Waals surface area contributed by atoms with E-state index in [4.69, 9.17) is 9.47 Å². The normalized spacial score (nSPS) is 31.2. The Balaban J connectivity index is 1.68. The van der Waals surface area contributed by atoms with E-state index < -0.39 is 35.1 Å². The van der Waals surface area contributed by atoms with Crippen LogP contribution in [0, 0.1) is 17.8 Å². The van der Waals surface area contributed by atoms with Gasteiger partial charge in [0.05, 0.1) is 36.7 Å². The van der Waals surface area contributed by atoms with Crippen LogP contribution >= 0.6 is 0 Å². The van der Waals surface area contributed by atoms with Gasteiger partial charge in [-0.15, -0.1) is 0 Å². The molecule has 1 spiro atoms. The number of aliphatic hydroxyl groups is 1. The average molecular weight is 530 g/mol. The van der Waals surface area contributed by atoms with Gasteiger partial charge >= 0.3 is 0 Å². The minimum absolute atomic E-state index is 0.0333. The van der Waals surface area contributed by atoms with Gasteiger partial charge in [-0.2, -0.15) is 0 Å². The van der Waals surface area contributed by atoms with Crippen molar-refractivity contribution in [1.29, 1.82) is 0 Å². The number of unbranched alkanes of at least 4 members (excludes halogenated alkanes) is 1. The predicted octanol–water partition coefficient (Wildman–Crippen LogP) is 3.11. The molecule has 0 aliphatic carbocycles. The number of benzene rings is 1. The third kappa shape index (κ3) is 4.68. The van der Waals surface area contributed by atoms with E-state index in [1.807, 2.05) is 34.6 Å². The molecule has 2 bridgehead atoms. The summed E-state index contributed by atoms with van der Waals surface area (Å²) in [5.74, 6) is -1.74. The Morgan fingerprint density at radius 2 is 1.89 bits per heavy atom. The maximum absolute atomic E-state index is 14.2. The molecular formula is C29H43N3O6. The smallest absolute Gasteiger partial charge is 0.245 e. The minimum Gasteiger partial charge on any atom is -0.494 e. The first-order valence-corrected chi connectivity index (χ1v) is 14.1. The molecule has 3 saturated heterocycles. The number of nitrogens with zero attached hydrogens (tertiary/aromatic N) is 1. The molecule has 3 N–H and O–H groups in total. The lowest BCUT2D eigenvalue weighted by atomic mass is 9.66. The van der Waals surface area contributed by atoms with E-state index in [0.29, 0.717) is 37.4 Å². The van der Waals surface area contributed by atoms with Crippen molar-refractivity contribution in [2.24, 2.45) is 17.8 Å². The predicted molar refractivity (Wildman–Crippen MR) is 144 cm³/mol. The van der Waals surface area contributed by atoms with Crippen LogP contribution in [0.4, 0.5) is 5.69 Å². The van der Waals surface area contributed by atoms with Crippen molar-refractivity contribution in [3.63, 3.8) is 0 Å². The van der Waals surface area contributed by atoms with Crippen LogP contribution in [0.2, 0.25) is 0 Å². The molecule has 3 aliphatic heterocycles. The van der Waals surface area contributed by atoms with Gasteiger partial charge in [-0.3, -0.25) is 14.4 Å². The molecule has 0 saturated carbocycles. The molecule has 3 fully saturated rings. The number of nitrogens with one attached hydrogen (secondary N) is 2. The molecule has 1 aromatic rings. The Morgan fingerprint density at radius 3 is 2.50 bits per heavy atom. The fraction of sp³-hybridized carbons (Fsp3) is 0.690. The van der Waals surface area contributed by atoms with Crippen molar-refractivity contribution in [3.8, 4) is 5.75 Å². The third-order valence-electron chi connectivity index (χ3n) is 8.85. The fourth-order valence-corrected chi connectivity index (χ4v) is 6.74. The molecule has 38 heavy (non-hydrogen) atoms. The third-order valence-corrected chi connectivity index (χ3v) is 8.85. The Kier molecular flexibility index (Phi) is 8.37. The summed E-state index contributed by atoms with van der Waals surface area (Å²) in [5.41, 5.74) is -1.37. The number of carbonyl (C=O) groups excluding carboxylic acids is 3. The van der Waals surface area contributed by atoms with Crippen LogP contribution in [-0.4, -0.2) is 70.8 Å². The van der Waals surface area contributed by atoms with Gasteiger partial charge in [-0.25, -0.2) is 0 Å². The standard InChI is InChI=1S/C29H43N3O6/c1-6-9-16-30-26(35)24-29-15-14-28(5,38-29)22(23(29)27(36)32(24)21(17-33)18(4)7-2)25(34)31-19-10-12-20(13-11-19)37-8-3/h10-13,18,21-24,33H,6-9,14-17H2,1-5H3,(H,30,35)(H,31,34)/t18-,21-,22-,23-,24?,28+,29?/m0/s1. The van der Waals surface area contributed by atoms with Crippen LogP contribution < -0.4 is 15.4 Å². The Bertz CT molecular complexity index is 1030. The van der Waals surface area contributed by atoms with Crippen LogP contribution in [0.15, 0.2) is 24.3 Å². The fourth-order valence-electron chi connectivity index (χ4n) is 6.74. The van der Waals surface area contributed by atoms with Crippen LogP contribution in [0.3, 0.4) is 0 Å². The first kappa shape index (κ1) is 28.4. The zero-order chi connectivity index (χ0) is 27.7. The molecule has 3 aliphatic rings. The van der Waals surface area contributed by atoms with Crippen LogP contribution in [0.25, 0.3) is 0 Å². The summed E-state index contributed by atoms with van der Waals surface area (Å²) in [7, 11) is 0. The molecule has 0 radical (unpaired) electrons. The summed E-state index contributed by atoms with van der Waals surface area (Å²) in [6.45, 7) is 10.6. The van der Waals surface area contributed by atoms with E-state index >= 15 is 0 Å². The van der Waals surface area contributed by atoms with Gasteiger partial charge < -0.3 is 30.1 Å². The van der Waals surface area contributed by atoms with Crippen molar-refractivity contribution < 1.29 is 29.0 Å². The lowest BCUT2D eigenvalue weighted by Crippen LogP contribution is -2.59. The molecular weight excluding hydrogens is 486 g/mol. The summed E-state index contributed by atoms with van der Waals surface area (Å²) in [6.07, 6.45) is 3.56. The number of aliphatic hydroxyl groups excluding tert-OH is 1. The van der Waals surface area contributed by atoms with Crippen LogP contribution in [-0.2, 0) is 19.1 Å². The molecule has 3 heterocycles. The summed E-state index contributed by atoms with van der Waals surface area (Å²) in [5, 5.41) is 16.4. The highest BCUT2D eigenvalue weighted by atomic mass is 16.5. The van der Waals surface area contributed by atoms with Gasteiger partial charge in [0.1, 0.15) is 17.4 Å². The van der Waals surface area contributed by atoms with E-state index in [1.54, 1.807) is 29.2 Å². The molecule has 2 unspecified atom stereocenters. The zero-order valence-corrected chi connectivity index (χ0v) is 23.3. The number of anilines is 1. The van der Waals surface area contributed by atoms with Gasteiger partial charge in [-0.1, -0.05) is 33.6 Å². The Hall–Kier alpha value is -2.65. The number of hydrogen-bond donors (Lipinski definition) is 3. The first-order chi connectivity index (χ1) is 18.2. The van der Waals surface area contributed by atoms with E-state index in [1.165, 1.54) is 0 Å². The van der Waals surface area contributed by atoms with Gasteiger partial charge in [-0.05, 0) is 63.3 Å². The van der Waals surface area contributed by atoms with Gasteiger partial charge in [0.25, 0.3) is 0 Å². The molecule has 1 aromatic carbocycles. The second-order valence-electron chi connectivity index (χ2n) is 11.2. The van der Waals surface area contributed by atoms with Crippen molar-refractivity contribution in [2.75, 3.05) is 25.1 Å². The highest BCUT2D eigenvalue weighted by Gasteiger charge is 2.78. The monoisotopic (exact) mass is 529 g/mol. The van der Waals surface area contributed by atoms with Crippen molar-refractivity contribution >= 4 is 23.4 Å². The molecule has 9 heteroatoms. The summed E-state index contributed by atoms with van der Waals surface area (Å²) in [6, 6.07) is 5.68.